The Morgan fingerprint density at radius 1 is 1.50 bits per heavy atom. The fourth-order valence-corrected chi connectivity index (χ4v) is 2.53. The fourth-order valence-electron chi connectivity index (χ4n) is 2.09. The number of nitrogens with one attached hydrogen (secondary N) is 1. The van der Waals surface area contributed by atoms with E-state index in [0.717, 1.165) is 42.5 Å². The van der Waals surface area contributed by atoms with Crippen molar-refractivity contribution in [3.05, 3.63) is 28.5 Å². The molecule has 3 nitrogen and oxygen atoms in total. The van der Waals surface area contributed by atoms with Gasteiger partial charge in [0.1, 0.15) is 0 Å². The van der Waals surface area contributed by atoms with E-state index in [1.807, 2.05) is 13.0 Å². The van der Waals surface area contributed by atoms with Gasteiger partial charge in [0.2, 0.25) is 0 Å². The Balaban J connectivity index is 2.81. The van der Waals surface area contributed by atoms with E-state index in [4.69, 9.17) is 0 Å². The number of hydrogen-bond acceptors (Lipinski definition) is 2. The van der Waals surface area contributed by atoms with E-state index in [0.29, 0.717) is 6.04 Å². The number of hydrogen-bond donors (Lipinski definition) is 1. The molecule has 1 aromatic heterocycles. The summed E-state index contributed by atoms with van der Waals surface area (Å²) in [6.07, 6.45) is 5.11. The monoisotopic (exact) mass is 313 g/mol. The van der Waals surface area contributed by atoms with Crippen molar-refractivity contribution in [3.63, 3.8) is 0 Å². The van der Waals surface area contributed by atoms with Crippen molar-refractivity contribution in [2.45, 2.75) is 52.6 Å². The van der Waals surface area contributed by atoms with Gasteiger partial charge in [-0.3, -0.25) is 4.68 Å². The highest BCUT2D eigenvalue weighted by atomic mass is 79.9. The van der Waals surface area contributed by atoms with Crippen LogP contribution in [0, 0.1) is 6.92 Å². The minimum Gasteiger partial charge on any atom is -0.313 e. The van der Waals surface area contributed by atoms with E-state index >= 15 is 0 Å². The van der Waals surface area contributed by atoms with Crippen molar-refractivity contribution >= 4 is 15.9 Å². The summed E-state index contributed by atoms with van der Waals surface area (Å²) in [5.74, 6) is 0. The van der Waals surface area contributed by atoms with Crippen LogP contribution in [0.2, 0.25) is 0 Å². The third-order valence-corrected chi connectivity index (χ3v) is 4.06. The van der Waals surface area contributed by atoms with Gasteiger partial charge < -0.3 is 5.32 Å². The maximum Gasteiger partial charge on any atom is 0.0738 e. The molecule has 4 heteroatoms. The molecule has 18 heavy (non-hydrogen) atoms. The molecule has 1 N–H and O–H groups in total. The second-order valence-electron chi connectivity index (χ2n) is 4.54. The second kappa shape index (κ2) is 7.74. The SMILES string of the molecule is C=CCC(Cc1c(Br)c(C)nn1CC)NCCC. The van der Waals surface area contributed by atoms with Gasteiger partial charge in [0, 0.05) is 19.0 Å². The Kier molecular flexibility index (Phi) is 6.65. The molecule has 1 rings (SSSR count). The maximum absolute atomic E-state index is 4.54. The molecular formula is C14H24BrN3. The first-order valence-electron chi connectivity index (χ1n) is 6.70. The van der Waals surface area contributed by atoms with Crippen LogP contribution >= 0.6 is 15.9 Å². The van der Waals surface area contributed by atoms with Crippen molar-refractivity contribution in [2.24, 2.45) is 0 Å². The maximum atomic E-state index is 4.54. The summed E-state index contributed by atoms with van der Waals surface area (Å²) in [5, 5.41) is 8.11. The van der Waals surface area contributed by atoms with Gasteiger partial charge in [-0.2, -0.15) is 5.10 Å². The highest BCUT2D eigenvalue weighted by molar-refractivity contribution is 9.10. The standard InChI is InChI=1S/C14H24BrN3/c1-5-8-12(16-9-6-2)10-13-14(15)11(4)17-18(13)7-3/h5,12,16H,1,6-10H2,2-4H3. The van der Waals surface area contributed by atoms with Gasteiger partial charge in [0.15, 0.2) is 0 Å². The molecule has 1 heterocycles. The van der Waals surface area contributed by atoms with Crippen molar-refractivity contribution in [1.29, 1.82) is 0 Å². The zero-order chi connectivity index (χ0) is 13.5. The summed E-state index contributed by atoms with van der Waals surface area (Å²) in [6.45, 7) is 12.2. The minimum absolute atomic E-state index is 0.445. The van der Waals surface area contributed by atoms with Crippen molar-refractivity contribution in [2.75, 3.05) is 6.54 Å². The lowest BCUT2D eigenvalue weighted by atomic mass is 10.1. The van der Waals surface area contributed by atoms with Crippen LogP contribution in [0.1, 0.15) is 38.1 Å². The second-order valence-corrected chi connectivity index (χ2v) is 5.33. The number of aromatic nitrogens is 2. The smallest absolute Gasteiger partial charge is 0.0738 e. The van der Waals surface area contributed by atoms with Gasteiger partial charge in [0.05, 0.1) is 15.9 Å². The molecule has 0 bridgehead atoms. The van der Waals surface area contributed by atoms with Gasteiger partial charge in [-0.05, 0) is 49.2 Å². The third-order valence-electron chi connectivity index (χ3n) is 3.03. The first-order chi connectivity index (χ1) is 8.63. The molecule has 1 aromatic rings. The molecule has 0 saturated carbocycles. The molecule has 102 valence electrons. The number of halogens is 1. The van der Waals surface area contributed by atoms with Gasteiger partial charge in [-0.15, -0.1) is 6.58 Å². The molecule has 1 unspecified atom stereocenters. The van der Waals surface area contributed by atoms with Crippen LogP contribution in [-0.4, -0.2) is 22.4 Å². The van der Waals surface area contributed by atoms with E-state index in [-0.39, 0.29) is 0 Å². The van der Waals surface area contributed by atoms with Crippen LogP contribution in [0.25, 0.3) is 0 Å². The molecule has 0 saturated heterocycles. The summed E-state index contributed by atoms with van der Waals surface area (Å²) in [6, 6.07) is 0.445. The first kappa shape index (κ1) is 15.4. The van der Waals surface area contributed by atoms with Gasteiger partial charge in [0.25, 0.3) is 0 Å². The molecule has 0 aliphatic heterocycles. The molecular weight excluding hydrogens is 290 g/mol. The number of nitrogens with zero attached hydrogens (tertiary/aromatic N) is 2. The Morgan fingerprint density at radius 2 is 2.22 bits per heavy atom. The fraction of sp³-hybridized carbons (Fsp3) is 0.643. The zero-order valence-corrected chi connectivity index (χ0v) is 13.3. The van der Waals surface area contributed by atoms with E-state index in [1.54, 1.807) is 0 Å². The van der Waals surface area contributed by atoms with Crippen LogP contribution in [0.5, 0.6) is 0 Å². The Hall–Kier alpha value is -0.610. The minimum atomic E-state index is 0.445. The topological polar surface area (TPSA) is 29.9 Å². The Labute approximate surface area is 119 Å². The van der Waals surface area contributed by atoms with Crippen LogP contribution in [0.4, 0.5) is 0 Å². The Bertz CT molecular complexity index is 385. The molecule has 0 aliphatic carbocycles. The quantitative estimate of drug-likeness (QED) is 0.745. The molecule has 0 amide bonds. The predicted molar refractivity (Wildman–Crippen MR) is 80.9 cm³/mol. The van der Waals surface area contributed by atoms with Crippen molar-refractivity contribution in [3.8, 4) is 0 Å². The highest BCUT2D eigenvalue weighted by Crippen LogP contribution is 2.23. The van der Waals surface area contributed by atoms with Crippen LogP contribution in [0.15, 0.2) is 17.1 Å². The molecule has 0 fully saturated rings. The Morgan fingerprint density at radius 3 is 2.78 bits per heavy atom. The first-order valence-corrected chi connectivity index (χ1v) is 7.49. The van der Waals surface area contributed by atoms with Crippen molar-refractivity contribution in [1.82, 2.24) is 15.1 Å². The van der Waals surface area contributed by atoms with Crippen LogP contribution in [-0.2, 0) is 13.0 Å². The summed E-state index contributed by atoms with van der Waals surface area (Å²) in [4.78, 5) is 0. The van der Waals surface area contributed by atoms with Crippen LogP contribution in [0.3, 0.4) is 0 Å². The molecule has 0 aromatic carbocycles. The highest BCUT2D eigenvalue weighted by Gasteiger charge is 2.16. The van der Waals surface area contributed by atoms with Crippen molar-refractivity contribution < 1.29 is 0 Å². The summed E-state index contributed by atoms with van der Waals surface area (Å²) < 4.78 is 3.24. The average molecular weight is 314 g/mol. The average Bonchev–Trinajstić information content (AvgIpc) is 2.63. The zero-order valence-electron chi connectivity index (χ0n) is 11.7. The lowest BCUT2D eigenvalue weighted by Gasteiger charge is -2.17. The summed E-state index contributed by atoms with van der Waals surface area (Å²) >= 11 is 3.65. The van der Waals surface area contributed by atoms with Crippen LogP contribution < -0.4 is 5.32 Å². The van der Waals surface area contributed by atoms with Gasteiger partial charge in [-0.1, -0.05) is 13.0 Å². The van der Waals surface area contributed by atoms with Gasteiger partial charge in [-0.25, -0.2) is 0 Å². The lowest BCUT2D eigenvalue weighted by molar-refractivity contribution is 0.488. The summed E-state index contributed by atoms with van der Waals surface area (Å²) in [5.41, 5.74) is 2.35. The normalized spacial score (nSPS) is 12.7. The molecule has 0 spiro atoms. The number of rotatable bonds is 8. The predicted octanol–water partition coefficient (Wildman–Crippen LogP) is 3.46. The number of aryl methyl sites for hydroxylation is 2. The summed E-state index contributed by atoms with van der Waals surface area (Å²) in [7, 11) is 0. The lowest BCUT2D eigenvalue weighted by Crippen LogP contribution is -2.32. The largest absolute Gasteiger partial charge is 0.313 e. The molecule has 0 aliphatic rings. The van der Waals surface area contributed by atoms with E-state index in [1.165, 1.54) is 5.69 Å². The third kappa shape index (κ3) is 3.95. The van der Waals surface area contributed by atoms with E-state index in [2.05, 4.69) is 51.5 Å². The van der Waals surface area contributed by atoms with E-state index in [9.17, 15) is 0 Å². The van der Waals surface area contributed by atoms with Gasteiger partial charge >= 0.3 is 0 Å². The van der Waals surface area contributed by atoms with E-state index < -0.39 is 0 Å². The molecule has 1 atom stereocenters. The molecule has 0 radical (unpaired) electrons.